The molecule has 0 saturated carbocycles. The van der Waals surface area contributed by atoms with E-state index in [1.54, 1.807) is 31.6 Å². The Labute approximate surface area is 110 Å². The van der Waals surface area contributed by atoms with Crippen LogP contribution >= 0.6 is 11.6 Å². The SMILES string of the molecule is COc1ccc(NN=C(Cl)c2ccncc2)cc1. The predicted molar refractivity (Wildman–Crippen MR) is 73.2 cm³/mol. The lowest BCUT2D eigenvalue weighted by atomic mass is 10.3. The van der Waals surface area contributed by atoms with Crippen LogP contribution in [0.2, 0.25) is 0 Å². The second kappa shape index (κ2) is 6.02. The number of hydrogen-bond donors (Lipinski definition) is 1. The van der Waals surface area contributed by atoms with Gasteiger partial charge in [-0.2, -0.15) is 5.10 Å². The molecule has 0 saturated heterocycles. The van der Waals surface area contributed by atoms with Crippen LogP contribution in [0, 0.1) is 0 Å². The molecule has 2 rings (SSSR count). The largest absolute Gasteiger partial charge is 0.497 e. The van der Waals surface area contributed by atoms with Gasteiger partial charge in [0.05, 0.1) is 12.8 Å². The third-order valence-corrected chi connectivity index (χ3v) is 2.59. The van der Waals surface area contributed by atoms with Gasteiger partial charge in [0.1, 0.15) is 5.75 Å². The lowest BCUT2D eigenvalue weighted by molar-refractivity contribution is 0.415. The Morgan fingerprint density at radius 2 is 1.83 bits per heavy atom. The second-order valence-corrected chi connectivity index (χ2v) is 3.84. The van der Waals surface area contributed by atoms with Crippen molar-refractivity contribution in [3.63, 3.8) is 0 Å². The number of methoxy groups -OCH3 is 1. The van der Waals surface area contributed by atoms with E-state index in [4.69, 9.17) is 16.3 Å². The lowest BCUT2D eigenvalue weighted by Gasteiger charge is -2.03. The molecule has 0 aliphatic rings. The van der Waals surface area contributed by atoms with Crippen LogP contribution in [0.25, 0.3) is 0 Å². The average Bonchev–Trinajstić information content (AvgIpc) is 2.46. The summed E-state index contributed by atoms with van der Waals surface area (Å²) in [6.07, 6.45) is 3.33. The van der Waals surface area contributed by atoms with E-state index in [2.05, 4.69) is 15.5 Å². The number of aromatic nitrogens is 1. The van der Waals surface area contributed by atoms with E-state index in [0.29, 0.717) is 5.17 Å². The Balaban J connectivity index is 2.05. The van der Waals surface area contributed by atoms with Gasteiger partial charge in [0.2, 0.25) is 0 Å². The average molecular weight is 262 g/mol. The Morgan fingerprint density at radius 1 is 1.17 bits per heavy atom. The number of rotatable bonds is 4. The minimum atomic E-state index is 0.383. The summed E-state index contributed by atoms with van der Waals surface area (Å²) < 4.78 is 5.07. The molecule has 2 aromatic rings. The Bertz CT molecular complexity index is 526. The summed E-state index contributed by atoms with van der Waals surface area (Å²) in [6, 6.07) is 11.0. The third-order valence-electron chi connectivity index (χ3n) is 2.29. The van der Waals surface area contributed by atoms with Crippen LogP contribution in [0.3, 0.4) is 0 Å². The normalized spacial score (nSPS) is 11.1. The highest BCUT2D eigenvalue weighted by Gasteiger charge is 1.98. The lowest BCUT2D eigenvalue weighted by Crippen LogP contribution is -1.97. The first kappa shape index (κ1) is 12.4. The molecule has 0 radical (unpaired) electrons. The van der Waals surface area contributed by atoms with Gasteiger partial charge in [0, 0.05) is 18.0 Å². The van der Waals surface area contributed by atoms with E-state index in [1.165, 1.54) is 0 Å². The molecule has 0 amide bonds. The van der Waals surface area contributed by atoms with Crippen molar-refractivity contribution in [2.24, 2.45) is 5.10 Å². The van der Waals surface area contributed by atoms with Crippen LogP contribution in [-0.4, -0.2) is 17.3 Å². The Kier molecular flexibility index (Phi) is 4.15. The van der Waals surface area contributed by atoms with Gasteiger partial charge >= 0.3 is 0 Å². The molecule has 0 bridgehead atoms. The smallest absolute Gasteiger partial charge is 0.156 e. The molecule has 1 aromatic heterocycles. The van der Waals surface area contributed by atoms with Gasteiger partial charge in [-0.25, -0.2) is 0 Å². The summed E-state index contributed by atoms with van der Waals surface area (Å²) >= 11 is 6.05. The number of nitrogens with zero attached hydrogens (tertiary/aromatic N) is 2. The first-order chi connectivity index (χ1) is 8.79. The standard InChI is InChI=1S/C13H12ClN3O/c1-18-12-4-2-11(3-5-12)16-17-13(14)10-6-8-15-9-7-10/h2-9,16H,1H3. The molecule has 5 heteroatoms. The number of hydrazone groups is 1. The zero-order chi connectivity index (χ0) is 12.8. The molecule has 0 spiro atoms. The fourth-order valence-electron chi connectivity index (χ4n) is 1.33. The van der Waals surface area contributed by atoms with Crippen LogP contribution < -0.4 is 10.2 Å². The molecule has 1 N–H and O–H groups in total. The third kappa shape index (κ3) is 3.21. The molecule has 4 nitrogen and oxygen atoms in total. The van der Waals surface area contributed by atoms with E-state index < -0.39 is 0 Å². The minimum Gasteiger partial charge on any atom is -0.497 e. The van der Waals surface area contributed by atoms with Crippen LogP contribution in [0.1, 0.15) is 5.56 Å². The van der Waals surface area contributed by atoms with Crippen LogP contribution in [0.5, 0.6) is 5.75 Å². The topological polar surface area (TPSA) is 46.5 Å². The van der Waals surface area contributed by atoms with E-state index in [0.717, 1.165) is 17.0 Å². The molecule has 0 aliphatic carbocycles. The Morgan fingerprint density at radius 3 is 2.44 bits per heavy atom. The van der Waals surface area contributed by atoms with Crippen LogP contribution in [0.4, 0.5) is 5.69 Å². The van der Waals surface area contributed by atoms with E-state index >= 15 is 0 Å². The van der Waals surface area contributed by atoms with Crippen molar-refractivity contribution in [3.8, 4) is 5.75 Å². The van der Waals surface area contributed by atoms with Crippen molar-refractivity contribution in [2.75, 3.05) is 12.5 Å². The van der Waals surface area contributed by atoms with E-state index in [9.17, 15) is 0 Å². The molecular formula is C13H12ClN3O. The molecule has 1 heterocycles. The number of hydrogen-bond acceptors (Lipinski definition) is 4. The minimum absolute atomic E-state index is 0.383. The zero-order valence-electron chi connectivity index (χ0n) is 9.80. The molecule has 0 aliphatic heterocycles. The quantitative estimate of drug-likeness (QED) is 0.680. The molecular weight excluding hydrogens is 250 g/mol. The number of ether oxygens (including phenoxy) is 1. The molecule has 1 aromatic carbocycles. The highest BCUT2D eigenvalue weighted by atomic mass is 35.5. The molecule has 0 fully saturated rings. The summed E-state index contributed by atoms with van der Waals surface area (Å²) in [5.41, 5.74) is 4.52. The van der Waals surface area contributed by atoms with E-state index in [-0.39, 0.29) is 0 Å². The predicted octanol–water partition coefficient (Wildman–Crippen LogP) is 3.10. The van der Waals surface area contributed by atoms with Gasteiger partial charge in [-0.3, -0.25) is 10.4 Å². The maximum Gasteiger partial charge on any atom is 0.156 e. The maximum atomic E-state index is 6.05. The Hall–Kier alpha value is -2.07. The number of halogens is 1. The van der Waals surface area contributed by atoms with Gasteiger partial charge in [0.15, 0.2) is 5.17 Å². The van der Waals surface area contributed by atoms with Crippen molar-refractivity contribution in [2.45, 2.75) is 0 Å². The van der Waals surface area contributed by atoms with E-state index in [1.807, 2.05) is 24.3 Å². The van der Waals surface area contributed by atoms with Crippen molar-refractivity contribution in [3.05, 3.63) is 54.4 Å². The van der Waals surface area contributed by atoms with Gasteiger partial charge in [-0.05, 0) is 36.4 Å². The monoisotopic (exact) mass is 261 g/mol. The van der Waals surface area contributed by atoms with Gasteiger partial charge in [0.25, 0.3) is 0 Å². The summed E-state index contributed by atoms with van der Waals surface area (Å²) in [7, 11) is 1.63. The van der Waals surface area contributed by atoms with Gasteiger partial charge < -0.3 is 4.74 Å². The van der Waals surface area contributed by atoms with Gasteiger partial charge in [-0.1, -0.05) is 11.6 Å². The highest BCUT2D eigenvalue weighted by molar-refractivity contribution is 6.69. The van der Waals surface area contributed by atoms with Crippen molar-refractivity contribution >= 4 is 22.5 Å². The second-order valence-electron chi connectivity index (χ2n) is 3.48. The molecule has 92 valence electrons. The first-order valence-corrected chi connectivity index (χ1v) is 5.71. The number of nitrogens with one attached hydrogen (secondary N) is 1. The zero-order valence-corrected chi connectivity index (χ0v) is 10.6. The summed E-state index contributed by atoms with van der Waals surface area (Å²) in [4.78, 5) is 3.92. The fraction of sp³-hybridized carbons (Fsp3) is 0.0769. The summed E-state index contributed by atoms with van der Waals surface area (Å²) in [6.45, 7) is 0. The molecule has 18 heavy (non-hydrogen) atoms. The van der Waals surface area contributed by atoms with Crippen molar-refractivity contribution < 1.29 is 4.74 Å². The maximum absolute atomic E-state index is 6.05. The molecule has 0 unspecified atom stereocenters. The fourth-order valence-corrected chi connectivity index (χ4v) is 1.50. The first-order valence-electron chi connectivity index (χ1n) is 5.33. The van der Waals surface area contributed by atoms with Crippen LogP contribution in [0.15, 0.2) is 53.9 Å². The number of pyridine rings is 1. The highest BCUT2D eigenvalue weighted by Crippen LogP contribution is 2.15. The summed E-state index contributed by atoms with van der Waals surface area (Å²) in [5, 5.41) is 4.47. The van der Waals surface area contributed by atoms with Crippen molar-refractivity contribution in [1.29, 1.82) is 0 Å². The van der Waals surface area contributed by atoms with Gasteiger partial charge in [-0.15, -0.1) is 0 Å². The van der Waals surface area contributed by atoms with Crippen molar-refractivity contribution in [1.82, 2.24) is 4.98 Å². The number of benzene rings is 1. The van der Waals surface area contributed by atoms with Crippen LogP contribution in [-0.2, 0) is 0 Å². The summed E-state index contributed by atoms with van der Waals surface area (Å²) in [5.74, 6) is 0.796. The number of anilines is 1. The molecule has 0 atom stereocenters.